The van der Waals surface area contributed by atoms with Gasteiger partial charge in [-0.05, 0) is 41.5 Å². The van der Waals surface area contributed by atoms with Gasteiger partial charge in [0.2, 0.25) is 15.9 Å². The third-order valence-electron chi connectivity index (χ3n) is 4.50. The number of methoxy groups -OCH3 is 1. The van der Waals surface area contributed by atoms with Crippen molar-refractivity contribution in [2.45, 2.75) is 12.8 Å². The molecule has 0 saturated carbocycles. The molecule has 11 heteroatoms. The molecule has 3 aromatic rings. The number of nitrogens with zero attached hydrogens (tertiary/aromatic N) is 1. The van der Waals surface area contributed by atoms with Crippen molar-refractivity contribution in [3.8, 4) is 22.8 Å². The summed E-state index contributed by atoms with van der Waals surface area (Å²) in [5.41, 5.74) is 1.03. The van der Waals surface area contributed by atoms with E-state index in [2.05, 4.69) is 9.71 Å². The molecule has 0 radical (unpaired) electrons. The summed E-state index contributed by atoms with van der Waals surface area (Å²) in [5.74, 6) is 0.524. The van der Waals surface area contributed by atoms with E-state index >= 15 is 0 Å². The average Bonchev–Trinajstić information content (AvgIpc) is 2.77. The van der Waals surface area contributed by atoms with Gasteiger partial charge >= 0.3 is 6.18 Å². The molecule has 2 aromatic carbocycles. The molecule has 0 amide bonds. The molecule has 0 atom stereocenters. The smallest absolute Gasteiger partial charge is 0.416 e. The largest absolute Gasteiger partial charge is 0.489 e. The van der Waals surface area contributed by atoms with Crippen molar-refractivity contribution in [3.05, 3.63) is 71.9 Å². The second-order valence-corrected chi connectivity index (χ2v) is 9.06. The first-order chi connectivity index (χ1) is 16.0. The standard InChI is InChI=1S/C23H23F3N2O5S/c1-31-9-10-32-22-21(28-34(2,29)30)13-18(14-27-22)17-6-4-8-20(12-17)33-15-16-5-3-7-19(11-16)23(24,25)26/h3-8,11-14,28H,9-10,15H2,1-2H3. The molecule has 1 aromatic heterocycles. The first kappa shape index (κ1) is 25.3. The van der Waals surface area contributed by atoms with Crippen LogP contribution < -0.4 is 14.2 Å². The maximum absolute atomic E-state index is 12.9. The van der Waals surface area contributed by atoms with Crippen LogP contribution in [0.15, 0.2) is 60.8 Å². The van der Waals surface area contributed by atoms with E-state index in [1.54, 1.807) is 36.4 Å². The average molecular weight is 497 g/mol. The van der Waals surface area contributed by atoms with E-state index in [1.165, 1.54) is 19.4 Å². The van der Waals surface area contributed by atoms with Crippen LogP contribution in [0, 0.1) is 0 Å². The van der Waals surface area contributed by atoms with E-state index < -0.39 is 21.8 Å². The van der Waals surface area contributed by atoms with Gasteiger partial charge in [0.05, 0.1) is 18.4 Å². The molecule has 0 fully saturated rings. The lowest BCUT2D eigenvalue weighted by atomic mass is 10.1. The van der Waals surface area contributed by atoms with E-state index in [0.29, 0.717) is 29.0 Å². The molecule has 0 unspecified atom stereocenters. The topological polar surface area (TPSA) is 86.8 Å². The van der Waals surface area contributed by atoms with Gasteiger partial charge < -0.3 is 14.2 Å². The van der Waals surface area contributed by atoms with E-state index in [1.807, 2.05) is 0 Å². The zero-order chi connectivity index (χ0) is 24.8. The fourth-order valence-electron chi connectivity index (χ4n) is 2.99. The fourth-order valence-corrected chi connectivity index (χ4v) is 3.53. The van der Waals surface area contributed by atoms with Crippen LogP contribution in [0.3, 0.4) is 0 Å². The molecular formula is C23H23F3N2O5S. The molecule has 7 nitrogen and oxygen atoms in total. The van der Waals surface area contributed by atoms with Crippen LogP contribution in [0.4, 0.5) is 18.9 Å². The van der Waals surface area contributed by atoms with Crippen LogP contribution in [0.2, 0.25) is 0 Å². The van der Waals surface area contributed by atoms with Crippen LogP contribution in [0.5, 0.6) is 11.6 Å². The van der Waals surface area contributed by atoms with Crippen molar-refractivity contribution in [3.63, 3.8) is 0 Å². The van der Waals surface area contributed by atoms with Gasteiger partial charge in [0, 0.05) is 18.9 Å². The van der Waals surface area contributed by atoms with Crippen molar-refractivity contribution in [1.82, 2.24) is 4.98 Å². The number of sulfonamides is 1. The molecule has 0 bridgehead atoms. The molecular weight excluding hydrogens is 473 g/mol. The predicted molar refractivity (Wildman–Crippen MR) is 121 cm³/mol. The molecule has 0 aliphatic carbocycles. The van der Waals surface area contributed by atoms with E-state index in [0.717, 1.165) is 18.4 Å². The highest BCUT2D eigenvalue weighted by molar-refractivity contribution is 7.92. The summed E-state index contributed by atoms with van der Waals surface area (Å²) in [6.45, 7) is 0.423. The lowest BCUT2D eigenvalue weighted by molar-refractivity contribution is -0.137. The van der Waals surface area contributed by atoms with Crippen molar-refractivity contribution in [1.29, 1.82) is 0 Å². The number of halogens is 3. The lowest BCUT2D eigenvalue weighted by Crippen LogP contribution is -2.13. The minimum absolute atomic E-state index is 0.0568. The second kappa shape index (κ2) is 10.7. The Kier molecular flexibility index (Phi) is 8.00. The number of hydrogen-bond donors (Lipinski definition) is 1. The number of hydrogen-bond acceptors (Lipinski definition) is 6. The quantitative estimate of drug-likeness (QED) is 0.408. The van der Waals surface area contributed by atoms with Gasteiger partial charge in [-0.3, -0.25) is 4.72 Å². The first-order valence-corrected chi connectivity index (χ1v) is 11.9. The third-order valence-corrected chi connectivity index (χ3v) is 5.09. The molecule has 3 rings (SSSR count). The predicted octanol–water partition coefficient (Wildman–Crippen LogP) is 4.74. The maximum atomic E-state index is 12.9. The summed E-state index contributed by atoms with van der Waals surface area (Å²) in [4.78, 5) is 4.21. The summed E-state index contributed by atoms with van der Waals surface area (Å²) in [6, 6.07) is 13.3. The Morgan fingerprint density at radius 2 is 1.74 bits per heavy atom. The Hall–Kier alpha value is -3.31. The maximum Gasteiger partial charge on any atom is 0.416 e. The molecule has 0 saturated heterocycles. The SMILES string of the molecule is COCCOc1ncc(-c2cccc(OCc3cccc(C(F)(F)F)c3)c2)cc1NS(C)(=O)=O. The lowest BCUT2D eigenvalue weighted by Gasteiger charge is -2.14. The normalized spacial score (nSPS) is 11.8. The highest BCUT2D eigenvalue weighted by atomic mass is 32.2. The van der Waals surface area contributed by atoms with Crippen molar-refractivity contribution in [2.75, 3.05) is 31.3 Å². The number of ether oxygens (including phenoxy) is 3. The molecule has 0 aliphatic heterocycles. The summed E-state index contributed by atoms with van der Waals surface area (Å²) in [5, 5.41) is 0. The molecule has 1 N–H and O–H groups in total. The second-order valence-electron chi connectivity index (χ2n) is 7.31. The Bertz CT molecular complexity index is 1230. The highest BCUT2D eigenvalue weighted by Crippen LogP contribution is 2.32. The third kappa shape index (κ3) is 7.35. The number of pyridine rings is 1. The van der Waals surface area contributed by atoms with Gasteiger partial charge in [-0.1, -0.05) is 24.3 Å². The first-order valence-electron chi connectivity index (χ1n) is 10.0. The van der Waals surface area contributed by atoms with Gasteiger partial charge in [0.25, 0.3) is 0 Å². The van der Waals surface area contributed by atoms with E-state index in [9.17, 15) is 21.6 Å². The Balaban J connectivity index is 1.81. The van der Waals surface area contributed by atoms with Crippen LogP contribution in [-0.4, -0.2) is 40.0 Å². The zero-order valence-electron chi connectivity index (χ0n) is 18.4. The van der Waals surface area contributed by atoms with Crippen LogP contribution >= 0.6 is 0 Å². The van der Waals surface area contributed by atoms with Crippen molar-refractivity contribution in [2.24, 2.45) is 0 Å². The van der Waals surface area contributed by atoms with E-state index in [-0.39, 0.29) is 24.8 Å². The van der Waals surface area contributed by atoms with Gasteiger partial charge in [-0.2, -0.15) is 13.2 Å². The Morgan fingerprint density at radius 3 is 2.44 bits per heavy atom. The van der Waals surface area contributed by atoms with Crippen LogP contribution in [0.25, 0.3) is 11.1 Å². The van der Waals surface area contributed by atoms with Crippen molar-refractivity contribution < 1.29 is 35.8 Å². The fraction of sp³-hybridized carbons (Fsp3) is 0.261. The number of alkyl halides is 3. The Labute approximate surface area is 195 Å². The van der Waals surface area contributed by atoms with Gasteiger partial charge in [-0.15, -0.1) is 0 Å². The minimum atomic E-state index is -4.43. The van der Waals surface area contributed by atoms with Gasteiger partial charge in [0.15, 0.2) is 0 Å². The molecule has 1 heterocycles. The molecule has 182 valence electrons. The minimum Gasteiger partial charge on any atom is -0.489 e. The molecule has 0 spiro atoms. The molecule has 34 heavy (non-hydrogen) atoms. The number of rotatable bonds is 10. The van der Waals surface area contributed by atoms with Crippen LogP contribution in [0.1, 0.15) is 11.1 Å². The highest BCUT2D eigenvalue weighted by Gasteiger charge is 2.30. The van der Waals surface area contributed by atoms with Gasteiger partial charge in [-0.25, -0.2) is 13.4 Å². The van der Waals surface area contributed by atoms with Gasteiger partial charge in [0.1, 0.15) is 24.7 Å². The van der Waals surface area contributed by atoms with Crippen molar-refractivity contribution >= 4 is 15.7 Å². The summed E-state index contributed by atoms with van der Waals surface area (Å²) >= 11 is 0. The Morgan fingerprint density at radius 1 is 0.971 bits per heavy atom. The number of benzene rings is 2. The number of aromatic nitrogens is 1. The summed E-state index contributed by atoms with van der Waals surface area (Å²) in [6.07, 6.45) is -1.90. The number of nitrogens with one attached hydrogen (secondary N) is 1. The monoisotopic (exact) mass is 496 g/mol. The van der Waals surface area contributed by atoms with E-state index in [4.69, 9.17) is 14.2 Å². The molecule has 0 aliphatic rings. The van der Waals surface area contributed by atoms with Crippen LogP contribution in [-0.2, 0) is 27.5 Å². The summed E-state index contributed by atoms with van der Waals surface area (Å²) in [7, 11) is -2.09. The zero-order valence-corrected chi connectivity index (χ0v) is 19.2. The summed E-state index contributed by atoms with van der Waals surface area (Å²) < 4.78 is 80.8. The number of anilines is 1.